The van der Waals surface area contributed by atoms with E-state index in [4.69, 9.17) is 9.47 Å². The molecule has 0 fully saturated rings. The molecular weight excluding hydrogens is 341 g/mol. The fraction of sp³-hybridized carbons (Fsp3) is 0.130. The van der Waals surface area contributed by atoms with Gasteiger partial charge in [-0.25, -0.2) is 4.39 Å². The monoisotopic (exact) mass is 361 g/mol. The number of aryl methyl sites for hydroxylation is 1. The molecule has 136 valence electrons. The minimum Gasteiger partial charge on any atom is -0.497 e. The maximum atomic E-state index is 15.1. The maximum absolute atomic E-state index is 15.1. The number of hydrogen-bond donors (Lipinski definition) is 1. The molecule has 1 N–H and O–H groups in total. The molecule has 0 spiro atoms. The van der Waals surface area contributed by atoms with E-state index in [0.717, 1.165) is 28.0 Å². The molecule has 0 saturated carbocycles. The third-order valence-electron chi connectivity index (χ3n) is 4.66. The Hall–Kier alpha value is -3.27. The van der Waals surface area contributed by atoms with Gasteiger partial charge in [0.15, 0.2) is 5.82 Å². The number of rotatable bonds is 5. The van der Waals surface area contributed by atoms with Crippen LogP contribution in [0.2, 0.25) is 0 Å². The summed E-state index contributed by atoms with van der Waals surface area (Å²) in [6.07, 6.45) is 0. The summed E-state index contributed by atoms with van der Waals surface area (Å²) in [5.74, 6) is 1.12. The van der Waals surface area contributed by atoms with Gasteiger partial charge in [0.2, 0.25) is 0 Å². The topological polar surface area (TPSA) is 34.2 Å². The number of halogens is 1. The van der Waals surface area contributed by atoms with Crippen LogP contribution in [-0.4, -0.2) is 12.1 Å². The summed E-state index contributed by atoms with van der Waals surface area (Å²) >= 11 is 0. The highest BCUT2D eigenvalue weighted by Gasteiger charge is 2.16. The second-order valence-corrected chi connectivity index (χ2v) is 6.48. The summed E-state index contributed by atoms with van der Waals surface area (Å²) in [4.78, 5) is 3.19. The van der Waals surface area contributed by atoms with E-state index < -0.39 is 0 Å². The largest absolute Gasteiger partial charge is 0.497 e. The Kier molecular flexibility index (Phi) is 4.55. The normalized spacial score (nSPS) is 10.9. The second kappa shape index (κ2) is 7.16. The van der Waals surface area contributed by atoms with Crippen LogP contribution in [0.5, 0.6) is 11.5 Å². The zero-order chi connectivity index (χ0) is 18.8. The van der Waals surface area contributed by atoms with Crippen molar-refractivity contribution in [3.8, 4) is 22.8 Å². The molecule has 0 unspecified atom stereocenters. The fourth-order valence-electron chi connectivity index (χ4n) is 3.20. The molecule has 4 heteroatoms. The molecule has 0 saturated heterocycles. The Morgan fingerprint density at radius 3 is 2.44 bits per heavy atom. The first-order valence-electron chi connectivity index (χ1n) is 8.78. The first-order valence-corrected chi connectivity index (χ1v) is 8.78. The Labute approximate surface area is 157 Å². The average molecular weight is 361 g/mol. The molecule has 1 heterocycles. The van der Waals surface area contributed by atoms with Gasteiger partial charge in [-0.15, -0.1) is 0 Å². The number of aromatic nitrogens is 1. The van der Waals surface area contributed by atoms with Crippen molar-refractivity contribution in [3.63, 3.8) is 0 Å². The number of nitrogens with one attached hydrogen (secondary N) is 1. The fourth-order valence-corrected chi connectivity index (χ4v) is 3.20. The molecular formula is C23H20FNO2. The average Bonchev–Trinajstić information content (AvgIpc) is 3.03. The van der Waals surface area contributed by atoms with Gasteiger partial charge in [-0.1, -0.05) is 30.3 Å². The van der Waals surface area contributed by atoms with Gasteiger partial charge in [-0.2, -0.15) is 0 Å². The minimum absolute atomic E-state index is 0.275. The summed E-state index contributed by atoms with van der Waals surface area (Å²) in [6, 6.07) is 21.0. The first kappa shape index (κ1) is 17.2. The molecule has 0 aliphatic rings. The molecule has 4 aromatic rings. The molecule has 3 aromatic carbocycles. The van der Waals surface area contributed by atoms with Crippen molar-refractivity contribution in [2.75, 3.05) is 7.11 Å². The van der Waals surface area contributed by atoms with Gasteiger partial charge in [0.1, 0.15) is 18.1 Å². The Bertz CT molecular complexity index is 1090. The molecule has 1 aromatic heterocycles. The molecule has 0 aliphatic heterocycles. The number of hydrogen-bond acceptors (Lipinski definition) is 2. The van der Waals surface area contributed by atoms with Gasteiger partial charge in [-0.05, 0) is 54.4 Å². The zero-order valence-corrected chi connectivity index (χ0v) is 15.3. The lowest BCUT2D eigenvalue weighted by atomic mass is 10.0. The van der Waals surface area contributed by atoms with Crippen LogP contribution in [0.3, 0.4) is 0 Å². The molecule has 3 nitrogen and oxygen atoms in total. The van der Waals surface area contributed by atoms with Crippen molar-refractivity contribution in [2.45, 2.75) is 13.5 Å². The molecule has 0 bridgehead atoms. The van der Waals surface area contributed by atoms with Crippen molar-refractivity contribution in [1.29, 1.82) is 0 Å². The molecule has 0 aliphatic carbocycles. The standard InChI is InChI=1S/C23H20FNO2/c1-15-12-17(26-2)8-10-19(15)23-22(24)20-13-18(9-11-21(20)25-23)27-14-16-6-4-3-5-7-16/h3-13,25H,14H2,1-2H3. The van der Waals surface area contributed by atoms with Crippen LogP contribution >= 0.6 is 0 Å². The Morgan fingerprint density at radius 2 is 1.70 bits per heavy atom. The lowest BCUT2D eigenvalue weighted by Crippen LogP contribution is -1.94. The number of fused-ring (bicyclic) bond motifs is 1. The van der Waals surface area contributed by atoms with Gasteiger partial charge >= 0.3 is 0 Å². The van der Waals surface area contributed by atoms with Gasteiger partial charge in [-0.3, -0.25) is 0 Å². The highest BCUT2D eigenvalue weighted by molar-refractivity contribution is 5.88. The number of ether oxygens (including phenoxy) is 2. The van der Waals surface area contributed by atoms with Crippen molar-refractivity contribution in [2.24, 2.45) is 0 Å². The van der Waals surface area contributed by atoms with Crippen LogP contribution in [0.1, 0.15) is 11.1 Å². The number of aromatic amines is 1. The van der Waals surface area contributed by atoms with Crippen LogP contribution in [0.25, 0.3) is 22.2 Å². The third-order valence-corrected chi connectivity index (χ3v) is 4.66. The van der Waals surface area contributed by atoms with Crippen LogP contribution in [0.15, 0.2) is 66.7 Å². The summed E-state index contributed by atoms with van der Waals surface area (Å²) in [5, 5.41) is 0.519. The van der Waals surface area contributed by atoms with Gasteiger partial charge in [0.05, 0.1) is 12.8 Å². The number of methoxy groups -OCH3 is 1. The van der Waals surface area contributed by atoms with E-state index in [1.165, 1.54) is 0 Å². The van der Waals surface area contributed by atoms with E-state index in [2.05, 4.69) is 4.98 Å². The van der Waals surface area contributed by atoms with Crippen LogP contribution in [0.4, 0.5) is 4.39 Å². The van der Waals surface area contributed by atoms with Gasteiger partial charge < -0.3 is 14.5 Å². The summed E-state index contributed by atoms with van der Waals surface area (Å²) in [6.45, 7) is 2.39. The van der Waals surface area contributed by atoms with Crippen LogP contribution < -0.4 is 9.47 Å². The lowest BCUT2D eigenvalue weighted by Gasteiger charge is -2.07. The van der Waals surface area contributed by atoms with E-state index in [0.29, 0.717) is 23.4 Å². The van der Waals surface area contributed by atoms with Crippen molar-refractivity contribution in [1.82, 2.24) is 4.98 Å². The molecule has 0 amide bonds. The highest BCUT2D eigenvalue weighted by atomic mass is 19.1. The minimum atomic E-state index is -0.275. The van der Waals surface area contributed by atoms with E-state index in [-0.39, 0.29) is 5.82 Å². The van der Waals surface area contributed by atoms with Gasteiger partial charge in [0, 0.05) is 16.5 Å². The number of H-pyrrole nitrogens is 1. The third kappa shape index (κ3) is 3.38. The predicted molar refractivity (Wildman–Crippen MR) is 106 cm³/mol. The van der Waals surface area contributed by atoms with Crippen molar-refractivity contribution in [3.05, 3.63) is 83.7 Å². The van der Waals surface area contributed by atoms with E-state index in [1.807, 2.05) is 67.6 Å². The summed E-state index contributed by atoms with van der Waals surface area (Å²) in [7, 11) is 1.62. The lowest BCUT2D eigenvalue weighted by molar-refractivity contribution is 0.306. The second-order valence-electron chi connectivity index (χ2n) is 6.48. The molecule has 0 radical (unpaired) electrons. The quantitative estimate of drug-likeness (QED) is 0.482. The van der Waals surface area contributed by atoms with E-state index in [1.54, 1.807) is 13.2 Å². The highest BCUT2D eigenvalue weighted by Crippen LogP contribution is 2.34. The predicted octanol–water partition coefficient (Wildman–Crippen LogP) is 5.87. The zero-order valence-electron chi connectivity index (χ0n) is 15.3. The first-order chi connectivity index (χ1) is 13.2. The molecule has 27 heavy (non-hydrogen) atoms. The van der Waals surface area contributed by atoms with Crippen molar-refractivity contribution >= 4 is 10.9 Å². The molecule has 0 atom stereocenters. The van der Waals surface area contributed by atoms with E-state index >= 15 is 4.39 Å². The van der Waals surface area contributed by atoms with E-state index in [9.17, 15) is 0 Å². The SMILES string of the molecule is COc1ccc(-c2[nH]c3ccc(OCc4ccccc4)cc3c2F)c(C)c1. The summed E-state index contributed by atoms with van der Waals surface area (Å²) < 4.78 is 26.2. The van der Waals surface area contributed by atoms with Crippen molar-refractivity contribution < 1.29 is 13.9 Å². The maximum Gasteiger partial charge on any atom is 0.156 e. The smallest absolute Gasteiger partial charge is 0.156 e. The van der Waals surface area contributed by atoms with Crippen LogP contribution in [0, 0.1) is 12.7 Å². The Morgan fingerprint density at radius 1 is 0.926 bits per heavy atom. The van der Waals surface area contributed by atoms with Crippen LogP contribution in [-0.2, 0) is 6.61 Å². The van der Waals surface area contributed by atoms with Gasteiger partial charge in [0.25, 0.3) is 0 Å². The number of benzene rings is 3. The Balaban J connectivity index is 1.66. The summed E-state index contributed by atoms with van der Waals surface area (Å²) in [5.41, 5.74) is 4.05. The molecule has 4 rings (SSSR count).